The molecule has 1 aromatic rings. The Labute approximate surface area is 106 Å². The first-order valence-corrected chi connectivity index (χ1v) is 6.03. The summed E-state index contributed by atoms with van der Waals surface area (Å²) >= 11 is 0. The number of ether oxygens (including phenoxy) is 1. The van der Waals surface area contributed by atoms with Crippen molar-refractivity contribution in [1.29, 1.82) is 0 Å². The molecule has 18 heavy (non-hydrogen) atoms. The molecule has 0 heterocycles. The zero-order chi connectivity index (χ0) is 13.0. The molecule has 1 aliphatic rings. The van der Waals surface area contributed by atoms with Crippen LogP contribution >= 0.6 is 0 Å². The fraction of sp³-hybridized carbons (Fsp3) is 0.333. The smallest absolute Gasteiger partial charge is 0.309 e. The molecule has 0 saturated carbocycles. The molecule has 0 aliphatic heterocycles. The second-order valence-corrected chi connectivity index (χ2v) is 4.54. The molecular formula is C15H16O3. The SMILES string of the molecule is COC(=O)CC1=CC(=O)C[C@H](c2ccccc2)C1. The number of benzene rings is 1. The molecule has 0 aromatic heterocycles. The Kier molecular flexibility index (Phi) is 3.92. The van der Waals surface area contributed by atoms with E-state index in [0.29, 0.717) is 6.42 Å². The van der Waals surface area contributed by atoms with Crippen molar-refractivity contribution in [1.82, 2.24) is 0 Å². The van der Waals surface area contributed by atoms with Crippen LogP contribution in [0, 0.1) is 0 Å². The lowest BCUT2D eigenvalue weighted by atomic mass is 9.82. The van der Waals surface area contributed by atoms with E-state index in [4.69, 9.17) is 0 Å². The van der Waals surface area contributed by atoms with Gasteiger partial charge < -0.3 is 4.74 Å². The number of carbonyl (C=O) groups excluding carboxylic acids is 2. The first kappa shape index (κ1) is 12.6. The van der Waals surface area contributed by atoms with Crippen LogP contribution in [0.1, 0.15) is 30.7 Å². The summed E-state index contributed by atoms with van der Waals surface area (Å²) in [7, 11) is 1.36. The van der Waals surface area contributed by atoms with Gasteiger partial charge in [-0.25, -0.2) is 0 Å². The zero-order valence-electron chi connectivity index (χ0n) is 10.4. The minimum Gasteiger partial charge on any atom is -0.469 e. The van der Waals surface area contributed by atoms with E-state index >= 15 is 0 Å². The van der Waals surface area contributed by atoms with Gasteiger partial charge in [0.05, 0.1) is 13.5 Å². The predicted molar refractivity (Wildman–Crippen MR) is 68.1 cm³/mol. The molecule has 0 amide bonds. The Bertz CT molecular complexity index is 474. The van der Waals surface area contributed by atoms with E-state index in [1.165, 1.54) is 7.11 Å². The summed E-state index contributed by atoms with van der Waals surface area (Å²) in [4.78, 5) is 23.0. The van der Waals surface area contributed by atoms with Crippen LogP contribution in [0.15, 0.2) is 42.0 Å². The predicted octanol–water partition coefficient (Wildman–Crippen LogP) is 2.62. The van der Waals surface area contributed by atoms with Crippen molar-refractivity contribution in [3.8, 4) is 0 Å². The average Bonchev–Trinajstić information content (AvgIpc) is 2.39. The van der Waals surface area contributed by atoms with Crippen molar-refractivity contribution in [2.24, 2.45) is 0 Å². The molecule has 0 N–H and O–H groups in total. The maximum absolute atomic E-state index is 11.7. The first-order valence-electron chi connectivity index (χ1n) is 6.03. The molecule has 3 heteroatoms. The Hall–Kier alpha value is -1.90. The monoisotopic (exact) mass is 244 g/mol. The van der Waals surface area contributed by atoms with Crippen molar-refractivity contribution in [2.45, 2.75) is 25.2 Å². The molecule has 94 valence electrons. The van der Waals surface area contributed by atoms with Crippen molar-refractivity contribution < 1.29 is 14.3 Å². The highest BCUT2D eigenvalue weighted by Crippen LogP contribution is 2.32. The van der Waals surface area contributed by atoms with Crippen LogP contribution in [0.2, 0.25) is 0 Å². The van der Waals surface area contributed by atoms with Gasteiger partial charge >= 0.3 is 5.97 Å². The largest absolute Gasteiger partial charge is 0.469 e. The minimum atomic E-state index is -0.289. The molecule has 3 nitrogen and oxygen atoms in total. The highest BCUT2D eigenvalue weighted by atomic mass is 16.5. The number of ketones is 1. The molecule has 0 fully saturated rings. The van der Waals surface area contributed by atoms with Crippen molar-refractivity contribution in [3.05, 3.63) is 47.5 Å². The Morgan fingerprint density at radius 1 is 1.28 bits per heavy atom. The minimum absolute atomic E-state index is 0.0917. The molecule has 0 saturated heterocycles. The molecule has 1 aromatic carbocycles. The Morgan fingerprint density at radius 3 is 2.67 bits per heavy atom. The third-order valence-electron chi connectivity index (χ3n) is 3.19. The van der Waals surface area contributed by atoms with Crippen LogP contribution in [0.5, 0.6) is 0 Å². The Balaban J connectivity index is 2.12. The fourth-order valence-electron chi connectivity index (χ4n) is 2.32. The van der Waals surface area contributed by atoms with E-state index < -0.39 is 0 Å². The summed E-state index contributed by atoms with van der Waals surface area (Å²) in [5.41, 5.74) is 2.02. The van der Waals surface area contributed by atoms with Crippen LogP contribution in [-0.2, 0) is 14.3 Å². The lowest BCUT2D eigenvalue weighted by Crippen LogP contribution is -2.15. The van der Waals surface area contributed by atoms with Crippen LogP contribution in [-0.4, -0.2) is 18.9 Å². The first-order chi connectivity index (χ1) is 8.69. The van der Waals surface area contributed by atoms with Gasteiger partial charge in [0.25, 0.3) is 0 Å². The van der Waals surface area contributed by atoms with E-state index in [1.807, 2.05) is 30.3 Å². The number of rotatable bonds is 3. The number of hydrogen-bond acceptors (Lipinski definition) is 3. The second kappa shape index (κ2) is 5.63. The van der Waals surface area contributed by atoms with E-state index in [-0.39, 0.29) is 24.1 Å². The molecule has 0 radical (unpaired) electrons. The van der Waals surface area contributed by atoms with Gasteiger partial charge in [-0.3, -0.25) is 9.59 Å². The number of esters is 1. The standard InChI is InChI=1S/C15H16O3/c1-18-15(17)9-11-7-13(10-14(16)8-11)12-5-3-2-4-6-12/h2-6,8,13H,7,9-10H2,1H3/t13-/m1/s1. The average molecular weight is 244 g/mol. The summed E-state index contributed by atoms with van der Waals surface area (Å²) in [5, 5.41) is 0. The quantitative estimate of drug-likeness (QED) is 0.768. The molecule has 0 spiro atoms. The van der Waals surface area contributed by atoms with Gasteiger partial charge in [0, 0.05) is 6.42 Å². The van der Waals surface area contributed by atoms with Gasteiger partial charge in [0.15, 0.2) is 5.78 Å². The van der Waals surface area contributed by atoms with Gasteiger partial charge in [-0.2, -0.15) is 0 Å². The number of hydrogen-bond donors (Lipinski definition) is 0. The summed E-state index contributed by atoms with van der Waals surface area (Å²) in [5.74, 6) is -0.0138. The summed E-state index contributed by atoms with van der Waals surface area (Å²) < 4.78 is 4.64. The van der Waals surface area contributed by atoms with Crippen molar-refractivity contribution >= 4 is 11.8 Å². The molecule has 1 aliphatic carbocycles. The highest BCUT2D eigenvalue weighted by Gasteiger charge is 2.23. The molecule has 1 atom stereocenters. The van der Waals surface area contributed by atoms with E-state index in [0.717, 1.165) is 17.6 Å². The van der Waals surface area contributed by atoms with Crippen LogP contribution in [0.3, 0.4) is 0 Å². The van der Waals surface area contributed by atoms with Gasteiger partial charge in [-0.15, -0.1) is 0 Å². The molecule has 0 unspecified atom stereocenters. The molecular weight excluding hydrogens is 228 g/mol. The van der Waals surface area contributed by atoms with Gasteiger partial charge in [-0.05, 0) is 24.0 Å². The highest BCUT2D eigenvalue weighted by molar-refractivity contribution is 5.93. The molecule has 0 bridgehead atoms. The maximum Gasteiger partial charge on any atom is 0.309 e. The van der Waals surface area contributed by atoms with Gasteiger partial charge in [-0.1, -0.05) is 35.9 Å². The second-order valence-electron chi connectivity index (χ2n) is 4.54. The fourth-order valence-corrected chi connectivity index (χ4v) is 2.32. The normalized spacial score (nSPS) is 19.3. The van der Waals surface area contributed by atoms with E-state index in [2.05, 4.69) is 4.74 Å². The van der Waals surface area contributed by atoms with E-state index in [9.17, 15) is 9.59 Å². The zero-order valence-corrected chi connectivity index (χ0v) is 10.4. The van der Waals surface area contributed by atoms with Crippen LogP contribution in [0.25, 0.3) is 0 Å². The lowest BCUT2D eigenvalue weighted by Gasteiger charge is -2.22. The third kappa shape index (κ3) is 3.06. The maximum atomic E-state index is 11.7. The van der Waals surface area contributed by atoms with Crippen molar-refractivity contribution in [2.75, 3.05) is 7.11 Å². The molecule has 2 rings (SSSR count). The van der Waals surface area contributed by atoms with Crippen LogP contribution < -0.4 is 0 Å². The van der Waals surface area contributed by atoms with Gasteiger partial charge in [0.2, 0.25) is 0 Å². The lowest BCUT2D eigenvalue weighted by molar-refractivity contribution is -0.139. The topological polar surface area (TPSA) is 43.4 Å². The van der Waals surface area contributed by atoms with Crippen molar-refractivity contribution in [3.63, 3.8) is 0 Å². The summed E-state index contributed by atoms with van der Waals surface area (Å²) in [6.07, 6.45) is 3.08. The van der Waals surface area contributed by atoms with E-state index in [1.54, 1.807) is 6.08 Å². The summed E-state index contributed by atoms with van der Waals surface area (Å²) in [6, 6.07) is 9.95. The Morgan fingerprint density at radius 2 is 2.00 bits per heavy atom. The number of carbonyl (C=O) groups is 2. The third-order valence-corrected chi connectivity index (χ3v) is 3.19. The van der Waals surface area contributed by atoms with Crippen LogP contribution in [0.4, 0.5) is 0 Å². The summed E-state index contributed by atoms with van der Waals surface area (Å²) in [6.45, 7) is 0. The number of allylic oxidation sites excluding steroid dienone is 1. The van der Waals surface area contributed by atoms with Gasteiger partial charge in [0.1, 0.15) is 0 Å². The number of methoxy groups -OCH3 is 1.